The fourth-order valence-corrected chi connectivity index (χ4v) is 7.12. The normalized spacial score (nSPS) is 16.9. The quantitative estimate of drug-likeness (QED) is 0.180. The molecule has 0 unspecified atom stereocenters. The van der Waals surface area contributed by atoms with Crippen LogP contribution in [0.25, 0.3) is 33.6 Å². The van der Waals surface area contributed by atoms with Crippen LogP contribution in [0.15, 0.2) is 54.7 Å². The number of nitrogens with one attached hydrogen (secondary N) is 2. The van der Waals surface area contributed by atoms with Gasteiger partial charge in [0.25, 0.3) is 0 Å². The molecule has 2 atom stereocenters. The highest BCUT2D eigenvalue weighted by Gasteiger charge is 2.24. The number of hydrogen-bond donors (Lipinski definition) is 3. The van der Waals surface area contributed by atoms with Crippen LogP contribution >= 0.6 is 23.2 Å². The van der Waals surface area contributed by atoms with Crippen LogP contribution in [0, 0.1) is 0 Å². The number of fused-ring (bicyclic) bond motifs is 1. The fraction of sp³-hybridized carbons (Fsp3) is 0.361. The van der Waals surface area contributed by atoms with Gasteiger partial charge in [0.15, 0.2) is 0 Å². The largest absolute Gasteiger partial charge is 0.496 e. The van der Waals surface area contributed by atoms with Gasteiger partial charge in [-0.3, -0.25) is 14.7 Å². The van der Waals surface area contributed by atoms with Crippen molar-refractivity contribution in [3.8, 4) is 45.3 Å². The van der Waals surface area contributed by atoms with E-state index in [1.54, 1.807) is 20.4 Å². The second kappa shape index (κ2) is 14.6. The number of aliphatic hydroxyl groups is 1. The van der Waals surface area contributed by atoms with E-state index in [0.29, 0.717) is 59.9 Å². The molecule has 2 aliphatic rings. The number of benzene rings is 2. The first-order valence-electron chi connectivity index (χ1n) is 15.8. The molecule has 246 valence electrons. The molecule has 9 nitrogen and oxygen atoms in total. The molecular weight excluding hydrogens is 637 g/mol. The van der Waals surface area contributed by atoms with Gasteiger partial charge in [-0.1, -0.05) is 47.5 Å². The highest BCUT2D eigenvalue weighted by Crippen LogP contribution is 2.43. The van der Waals surface area contributed by atoms with E-state index in [2.05, 4.69) is 26.6 Å². The molecule has 1 fully saturated rings. The lowest BCUT2D eigenvalue weighted by Crippen LogP contribution is -2.35. The van der Waals surface area contributed by atoms with Crippen LogP contribution in [0.2, 0.25) is 10.0 Å². The maximum absolute atomic E-state index is 11.5. The van der Waals surface area contributed by atoms with Crippen molar-refractivity contribution in [2.45, 2.75) is 51.4 Å². The monoisotopic (exact) mass is 675 g/mol. The number of pyridine rings is 2. The predicted molar refractivity (Wildman–Crippen MR) is 185 cm³/mol. The van der Waals surface area contributed by atoms with E-state index >= 15 is 0 Å². The number of aliphatic hydroxyl groups excluding tert-OH is 1. The molecule has 6 rings (SSSR count). The molecule has 0 saturated carbocycles. The minimum atomic E-state index is -0.392. The number of hydrogen-bond acceptors (Lipinski definition) is 8. The zero-order valence-corrected chi connectivity index (χ0v) is 28.3. The molecule has 11 heteroatoms. The van der Waals surface area contributed by atoms with E-state index < -0.39 is 6.10 Å². The summed E-state index contributed by atoms with van der Waals surface area (Å²) in [4.78, 5) is 23.2. The topological polar surface area (TPSA) is 109 Å². The van der Waals surface area contributed by atoms with Gasteiger partial charge in [0.1, 0.15) is 5.75 Å². The third-order valence-corrected chi connectivity index (χ3v) is 9.56. The first kappa shape index (κ1) is 33.2. The standard InChI is InChI=1S/C36H39Cl2N5O4/c1-21(44)19-43-14-12-22-15-24(16-31(46-2)29(22)20-43)35-34(38)27(11-13-40-35)26-5-4-6-28(33(26)37)30-9-7-23(36(42-30)47-3)17-39-18-25-8-10-32(45)41-25/h4-7,9,11,13,15-16,21,25,39,44H,8,10,12,14,17-20H2,1-3H3,(H,41,45)/t21-,25-/m0/s1. The second-order valence-corrected chi connectivity index (χ2v) is 12.9. The number of β-amino-alcohol motifs (C(OH)–C–C–N with tert-alkyl or cyclic N) is 1. The Morgan fingerprint density at radius 3 is 2.62 bits per heavy atom. The van der Waals surface area contributed by atoms with Crippen molar-refractivity contribution in [3.63, 3.8) is 0 Å². The van der Waals surface area contributed by atoms with Gasteiger partial charge in [0, 0.05) is 84.8 Å². The van der Waals surface area contributed by atoms with Crippen LogP contribution in [-0.2, 0) is 24.3 Å². The molecule has 0 bridgehead atoms. The molecule has 1 amide bonds. The number of halogens is 2. The molecule has 2 aromatic carbocycles. The summed E-state index contributed by atoms with van der Waals surface area (Å²) in [7, 11) is 3.28. The van der Waals surface area contributed by atoms with E-state index in [0.717, 1.165) is 58.5 Å². The Hall–Kier alpha value is -3.73. The molecule has 3 N–H and O–H groups in total. The molecule has 0 radical (unpaired) electrons. The molecule has 2 aromatic heterocycles. The van der Waals surface area contributed by atoms with E-state index in [9.17, 15) is 9.90 Å². The van der Waals surface area contributed by atoms with Gasteiger partial charge in [-0.25, -0.2) is 4.98 Å². The van der Waals surface area contributed by atoms with Gasteiger partial charge in [-0.05, 0) is 49.6 Å². The number of methoxy groups -OCH3 is 2. The van der Waals surface area contributed by atoms with Gasteiger partial charge in [0.05, 0.1) is 41.8 Å². The van der Waals surface area contributed by atoms with Crippen molar-refractivity contribution >= 4 is 29.1 Å². The average Bonchev–Trinajstić information content (AvgIpc) is 3.49. The minimum absolute atomic E-state index is 0.101. The van der Waals surface area contributed by atoms with E-state index in [1.165, 1.54) is 5.56 Å². The average molecular weight is 677 g/mol. The van der Waals surface area contributed by atoms with Crippen molar-refractivity contribution in [1.29, 1.82) is 0 Å². The highest BCUT2D eigenvalue weighted by molar-refractivity contribution is 6.39. The SMILES string of the molecule is COc1cc(-c2nccc(-c3cccc(-c4ccc(CNC[C@@H]5CCC(=O)N5)c(OC)n4)c3Cl)c2Cl)cc2c1CN(C[C@H](C)O)CC2. The molecule has 47 heavy (non-hydrogen) atoms. The van der Waals surface area contributed by atoms with E-state index in [-0.39, 0.29) is 11.9 Å². The Morgan fingerprint density at radius 2 is 1.87 bits per heavy atom. The van der Waals surface area contributed by atoms with E-state index in [1.807, 2.05) is 49.4 Å². The van der Waals surface area contributed by atoms with Crippen molar-refractivity contribution in [2.75, 3.05) is 33.9 Å². The Labute approximate surface area is 285 Å². The molecule has 2 aliphatic heterocycles. The van der Waals surface area contributed by atoms with Crippen molar-refractivity contribution in [2.24, 2.45) is 0 Å². The van der Waals surface area contributed by atoms with Gasteiger partial charge in [0.2, 0.25) is 11.8 Å². The van der Waals surface area contributed by atoms with Crippen LogP contribution < -0.4 is 20.1 Å². The first-order chi connectivity index (χ1) is 22.7. The van der Waals surface area contributed by atoms with Crippen LogP contribution in [0.4, 0.5) is 0 Å². The van der Waals surface area contributed by atoms with Crippen molar-refractivity contribution in [3.05, 3.63) is 81.5 Å². The van der Waals surface area contributed by atoms with Crippen LogP contribution in [0.5, 0.6) is 11.6 Å². The lowest BCUT2D eigenvalue weighted by Gasteiger charge is -2.31. The van der Waals surface area contributed by atoms with Gasteiger partial charge >= 0.3 is 0 Å². The minimum Gasteiger partial charge on any atom is -0.496 e. The number of carbonyl (C=O) groups is 1. The number of ether oxygens (including phenoxy) is 2. The summed E-state index contributed by atoms with van der Waals surface area (Å²) in [6.07, 6.45) is 3.60. The summed E-state index contributed by atoms with van der Waals surface area (Å²) in [5.74, 6) is 1.39. The van der Waals surface area contributed by atoms with Crippen LogP contribution in [0.3, 0.4) is 0 Å². The number of rotatable bonds is 11. The number of nitrogens with zero attached hydrogens (tertiary/aromatic N) is 3. The number of carbonyl (C=O) groups excluding carboxylic acids is 1. The molecule has 4 aromatic rings. The summed E-state index contributed by atoms with van der Waals surface area (Å²) in [6.45, 7) is 5.22. The van der Waals surface area contributed by atoms with Crippen LogP contribution in [0.1, 0.15) is 36.5 Å². The zero-order valence-electron chi connectivity index (χ0n) is 26.8. The molecular formula is C36H39Cl2N5O4. The molecule has 0 spiro atoms. The maximum atomic E-state index is 11.5. The van der Waals surface area contributed by atoms with Crippen molar-refractivity contribution < 1.29 is 19.4 Å². The lowest BCUT2D eigenvalue weighted by atomic mass is 9.93. The Balaban J connectivity index is 1.27. The third kappa shape index (κ3) is 7.24. The summed E-state index contributed by atoms with van der Waals surface area (Å²) < 4.78 is 11.5. The smallest absolute Gasteiger partial charge is 0.220 e. The predicted octanol–water partition coefficient (Wildman–Crippen LogP) is 5.91. The summed E-state index contributed by atoms with van der Waals surface area (Å²) >= 11 is 14.2. The Bertz CT molecular complexity index is 1770. The zero-order chi connectivity index (χ0) is 33.1. The molecule has 4 heterocycles. The van der Waals surface area contributed by atoms with Gasteiger partial charge in [-0.2, -0.15) is 0 Å². The maximum Gasteiger partial charge on any atom is 0.220 e. The number of aromatic nitrogens is 2. The van der Waals surface area contributed by atoms with Gasteiger partial charge in [-0.15, -0.1) is 0 Å². The molecule has 1 saturated heterocycles. The van der Waals surface area contributed by atoms with E-state index in [4.69, 9.17) is 37.7 Å². The summed E-state index contributed by atoms with van der Waals surface area (Å²) in [5, 5.41) is 17.3. The summed E-state index contributed by atoms with van der Waals surface area (Å²) in [6, 6.07) is 15.9. The van der Waals surface area contributed by atoms with Crippen LogP contribution in [-0.4, -0.2) is 71.9 Å². The first-order valence-corrected chi connectivity index (χ1v) is 16.6. The lowest BCUT2D eigenvalue weighted by molar-refractivity contribution is -0.119. The highest BCUT2D eigenvalue weighted by atomic mass is 35.5. The van der Waals surface area contributed by atoms with Crippen molar-refractivity contribution in [1.82, 2.24) is 25.5 Å². The third-order valence-electron chi connectivity index (χ3n) is 8.77. The Morgan fingerprint density at radius 1 is 1.06 bits per heavy atom. The second-order valence-electron chi connectivity index (χ2n) is 12.1. The Kier molecular flexibility index (Phi) is 10.3. The fourth-order valence-electron chi connectivity index (χ4n) is 6.47. The summed E-state index contributed by atoms with van der Waals surface area (Å²) in [5.41, 5.74) is 7.69. The number of amides is 1. The molecule has 0 aliphatic carbocycles. The van der Waals surface area contributed by atoms with Gasteiger partial charge < -0.3 is 25.2 Å².